The lowest BCUT2D eigenvalue weighted by Crippen LogP contribution is -2.19. The maximum Gasteiger partial charge on any atom is 0.263 e. The van der Waals surface area contributed by atoms with Gasteiger partial charge in [0.1, 0.15) is 0 Å². The topological polar surface area (TPSA) is 57.6 Å². The van der Waals surface area contributed by atoms with Crippen LogP contribution in [0.4, 0.5) is 0 Å². The fraction of sp³-hybridized carbons (Fsp3) is 0. The Hall–Kier alpha value is -8.61. The highest BCUT2D eigenvalue weighted by Gasteiger charge is 2.22. The van der Waals surface area contributed by atoms with Crippen LogP contribution in [0.1, 0.15) is 0 Å². The van der Waals surface area contributed by atoms with Gasteiger partial charge in [-0.25, -0.2) is 9.97 Å². The van der Waals surface area contributed by atoms with Gasteiger partial charge in [0.25, 0.3) is 5.56 Å². The van der Waals surface area contributed by atoms with Crippen LogP contribution < -0.4 is 5.56 Å². The largest absolute Gasteiger partial charge is 0.309 e. The molecule has 294 valence electrons. The number of nitrogens with zero attached hydrogens (tertiary/aromatic N) is 5. The van der Waals surface area contributed by atoms with Crippen LogP contribution in [0.15, 0.2) is 217 Å². The average Bonchev–Trinajstić information content (AvgIpc) is 3.85. The zero-order valence-corrected chi connectivity index (χ0v) is 33.9. The molecule has 0 bridgehead atoms. The molecule has 63 heavy (non-hydrogen) atoms. The summed E-state index contributed by atoms with van der Waals surface area (Å²) in [4.78, 5) is 26.0. The highest BCUT2D eigenvalue weighted by Crippen LogP contribution is 2.40. The van der Waals surface area contributed by atoms with Gasteiger partial charge < -0.3 is 4.57 Å². The maximum absolute atomic E-state index is 15.4. The summed E-state index contributed by atoms with van der Waals surface area (Å²) in [7, 11) is 0. The van der Waals surface area contributed by atoms with Crippen molar-refractivity contribution < 1.29 is 0 Å². The van der Waals surface area contributed by atoms with E-state index in [1.54, 1.807) is 0 Å². The van der Waals surface area contributed by atoms with E-state index < -0.39 is 0 Å². The van der Waals surface area contributed by atoms with Crippen molar-refractivity contribution in [1.29, 1.82) is 0 Å². The maximum atomic E-state index is 15.4. The number of rotatable bonds is 5. The van der Waals surface area contributed by atoms with E-state index in [-0.39, 0.29) is 5.56 Å². The minimum absolute atomic E-state index is 0.0947. The highest BCUT2D eigenvalue weighted by atomic mass is 16.1. The van der Waals surface area contributed by atoms with Crippen LogP contribution in [0.3, 0.4) is 0 Å². The Morgan fingerprint density at radius 3 is 1.46 bits per heavy atom. The summed E-state index contributed by atoms with van der Waals surface area (Å²) in [6, 6.07) is 73.4. The van der Waals surface area contributed by atoms with Crippen molar-refractivity contribution >= 4 is 76.2 Å². The Kier molecular flexibility index (Phi) is 7.65. The number of aromatic nitrogens is 5. The van der Waals surface area contributed by atoms with Crippen molar-refractivity contribution in [2.24, 2.45) is 0 Å². The molecule has 4 aromatic heterocycles. The Morgan fingerprint density at radius 2 is 0.778 bits per heavy atom. The molecular formula is C57H35N5O. The van der Waals surface area contributed by atoms with Crippen LogP contribution in [-0.4, -0.2) is 23.7 Å². The SMILES string of the molecule is O=c1c2cc3c(cc2c2cc4c5ccccc5n(-c5ccccc5)c4cc2n1-c1ccccc1)c1ccccc1n3-c1nc(-c2ccc(-c3ccccc3)cc2)c2ccccc2n1. The number of pyridine rings is 1. The quantitative estimate of drug-likeness (QED) is 0.163. The van der Waals surface area contributed by atoms with Gasteiger partial charge in [0, 0.05) is 49.3 Å². The molecule has 0 radical (unpaired) electrons. The summed E-state index contributed by atoms with van der Waals surface area (Å²) in [6.07, 6.45) is 0. The van der Waals surface area contributed by atoms with Gasteiger partial charge in [0.2, 0.25) is 5.95 Å². The van der Waals surface area contributed by atoms with E-state index in [1.165, 1.54) is 0 Å². The van der Waals surface area contributed by atoms with Crippen molar-refractivity contribution in [3.63, 3.8) is 0 Å². The second-order valence-corrected chi connectivity index (χ2v) is 16.2. The first-order chi connectivity index (χ1) is 31.2. The molecule has 0 atom stereocenters. The average molecular weight is 806 g/mol. The van der Waals surface area contributed by atoms with Crippen LogP contribution >= 0.6 is 0 Å². The van der Waals surface area contributed by atoms with Crippen molar-refractivity contribution in [2.75, 3.05) is 0 Å². The normalized spacial score (nSPS) is 11.9. The molecule has 0 spiro atoms. The van der Waals surface area contributed by atoms with Crippen LogP contribution in [-0.2, 0) is 0 Å². The number of para-hydroxylation sites is 5. The smallest absolute Gasteiger partial charge is 0.263 e. The molecule has 6 nitrogen and oxygen atoms in total. The van der Waals surface area contributed by atoms with Gasteiger partial charge in [-0.3, -0.25) is 13.9 Å². The summed E-state index contributed by atoms with van der Waals surface area (Å²) < 4.78 is 6.32. The molecule has 0 unspecified atom stereocenters. The fourth-order valence-electron chi connectivity index (χ4n) is 9.79. The molecule has 0 N–H and O–H groups in total. The van der Waals surface area contributed by atoms with E-state index in [0.717, 1.165) is 105 Å². The lowest BCUT2D eigenvalue weighted by atomic mass is 10.0. The zero-order valence-electron chi connectivity index (χ0n) is 33.9. The molecule has 0 aliphatic carbocycles. The second kappa shape index (κ2) is 13.7. The molecule has 0 amide bonds. The summed E-state index contributed by atoms with van der Waals surface area (Å²) >= 11 is 0. The van der Waals surface area contributed by atoms with E-state index in [4.69, 9.17) is 9.97 Å². The molecule has 9 aromatic carbocycles. The summed E-state index contributed by atoms with van der Waals surface area (Å²) in [5, 5.41) is 7.84. The van der Waals surface area contributed by atoms with Crippen molar-refractivity contribution in [1.82, 2.24) is 23.7 Å². The van der Waals surface area contributed by atoms with Crippen LogP contribution in [0.2, 0.25) is 0 Å². The standard InChI is InChI=1S/C57H35N5O/c63-56-48-34-52-45(32-44(48)47-33-46-41-22-11-14-26-50(41)60(39-18-6-2-7-19-39)53(46)35-54(47)61(56)40-20-8-3-9-21-40)42-23-12-15-27-51(42)62(52)57-58-49-25-13-10-24-43(49)55(59-57)38-30-28-37(29-31-38)36-16-4-1-5-17-36/h1-35H. The molecule has 0 aliphatic heterocycles. The first-order valence-corrected chi connectivity index (χ1v) is 21.2. The van der Waals surface area contributed by atoms with Gasteiger partial charge in [-0.1, -0.05) is 146 Å². The van der Waals surface area contributed by atoms with Crippen molar-refractivity contribution in [3.8, 4) is 39.7 Å². The minimum atomic E-state index is -0.0947. The Balaban J connectivity index is 1.12. The van der Waals surface area contributed by atoms with Gasteiger partial charge in [-0.2, -0.15) is 0 Å². The molecule has 13 rings (SSSR count). The molecule has 0 fully saturated rings. The molecule has 6 heteroatoms. The van der Waals surface area contributed by atoms with E-state index in [9.17, 15) is 0 Å². The Bertz CT molecular complexity index is 4020. The fourth-order valence-corrected chi connectivity index (χ4v) is 9.79. The lowest BCUT2D eigenvalue weighted by Gasteiger charge is -2.16. The summed E-state index contributed by atoms with van der Waals surface area (Å²) in [5.41, 5.74) is 11.6. The molecule has 13 aromatic rings. The molecule has 0 saturated carbocycles. The van der Waals surface area contributed by atoms with Crippen molar-refractivity contribution in [3.05, 3.63) is 223 Å². The van der Waals surface area contributed by atoms with Gasteiger partial charge in [0.15, 0.2) is 0 Å². The zero-order chi connectivity index (χ0) is 41.6. The first-order valence-electron chi connectivity index (χ1n) is 21.2. The van der Waals surface area contributed by atoms with E-state index >= 15 is 4.79 Å². The predicted molar refractivity (Wildman–Crippen MR) is 260 cm³/mol. The van der Waals surface area contributed by atoms with Gasteiger partial charge in [-0.05, 0) is 83.2 Å². The van der Waals surface area contributed by atoms with Crippen LogP contribution in [0.5, 0.6) is 0 Å². The Labute approximate surface area is 360 Å². The minimum Gasteiger partial charge on any atom is -0.309 e. The molecular weight excluding hydrogens is 771 g/mol. The van der Waals surface area contributed by atoms with Crippen molar-refractivity contribution in [2.45, 2.75) is 0 Å². The third-order valence-corrected chi connectivity index (χ3v) is 12.7. The van der Waals surface area contributed by atoms with E-state index in [2.05, 4.69) is 161 Å². The monoisotopic (exact) mass is 805 g/mol. The second-order valence-electron chi connectivity index (χ2n) is 16.2. The first kappa shape index (κ1) is 35.2. The number of hydrogen-bond donors (Lipinski definition) is 0. The Morgan fingerprint density at radius 1 is 0.302 bits per heavy atom. The molecule has 0 saturated heterocycles. The summed E-state index contributed by atoms with van der Waals surface area (Å²) in [5.74, 6) is 0.543. The van der Waals surface area contributed by atoms with E-state index in [1.807, 2.05) is 65.2 Å². The van der Waals surface area contributed by atoms with Gasteiger partial charge in [0.05, 0.1) is 44.2 Å². The lowest BCUT2D eigenvalue weighted by molar-refractivity contribution is 1.01. The number of fused-ring (bicyclic) bond motifs is 10. The van der Waals surface area contributed by atoms with Gasteiger partial charge >= 0.3 is 0 Å². The predicted octanol–water partition coefficient (Wildman–Crippen LogP) is 13.6. The van der Waals surface area contributed by atoms with E-state index in [0.29, 0.717) is 11.3 Å². The number of hydrogen-bond acceptors (Lipinski definition) is 3. The third kappa shape index (κ3) is 5.35. The van der Waals surface area contributed by atoms with Gasteiger partial charge in [-0.15, -0.1) is 0 Å². The number of benzene rings is 9. The summed E-state index contributed by atoms with van der Waals surface area (Å²) in [6.45, 7) is 0. The highest BCUT2D eigenvalue weighted by molar-refractivity contribution is 6.21. The van der Waals surface area contributed by atoms with Crippen LogP contribution in [0, 0.1) is 0 Å². The van der Waals surface area contributed by atoms with Crippen LogP contribution in [0.25, 0.3) is 116 Å². The molecule has 4 heterocycles. The molecule has 0 aliphatic rings. The third-order valence-electron chi connectivity index (χ3n) is 12.7.